The van der Waals surface area contributed by atoms with Crippen molar-refractivity contribution in [2.24, 2.45) is 4.99 Å². The first kappa shape index (κ1) is 16.6. The summed E-state index contributed by atoms with van der Waals surface area (Å²) in [6.45, 7) is 6.51. The summed E-state index contributed by atoms with van der Waals surface area (Å²) in [5.41, 5.74) is 5.51. The van der Waals surface area contributed by atoms with Gasteiger partial charge in [0.05, 0.1) is 11.4 Å². The lowest BCUT2D eigenvalue weighted by Crippen LogP contribution is -2.47. The molecule has 2 aromatic carbocycles. The van der Waals surface area contributed by atoms with Gasteiger partial charge in [-0.05, 0) is 50.6 Å². The van der Waals surface area contributed by atoms with E-state index in [9.17, 15) is 4.79 Å². The molecule has 4 nitrogen and oxygen atoms in total. The maximum Gasteiger partial charge on any atom is 0.336 e. The predicted octanol–water partition coefficient (Wildman–Crippen LogP) is 4.84. The smallest absolute Gasteiger partial charge is 0.336 e. The molecule has 0 spiro atoms. The Hall–Kier alpha value is -2.88. The van der Waals surface area contributed by atoms with Gasteiger partial charge in [-0.2, -0.15) is 0 Å². The number of anilines is 1. The predicted molar refractivity (Wildman–Crippen MR) is 107 cm³/mol. The molecule has 4 rings (SSSR count). The zero-order valence-corrected chi connectivity index (χ0v) is 15.5. The highest BCUT2D eigenvalue weighted by Crippen LogP contribution is 2.40. The molecule has 2 heterocycles. The van der Waals surface area contributed by atoms with Gasteiger partial charge in [0, 0.05) is 41.7 Å². The van der Waals surface area contributed by atoms with E-state index in [0.29, 0.717) is 5.58 Å². The van der Waals surface area contributed by atoms with Crippen LogP contribution in [0.1, 0.15) is 31.4 Å². The van der Waals surface area contributed by atoms with Gasteiger partial charge in [-0.15, -0.1) is 0 Å². The molecule has 26 heavy (non-hydrogen) atoms. The van der Waals surface area contributed by atoms with Crippen LogP contribution in [0.4, 0.5) is 11.4 Å². The summed E-state index contributed by atoms with van der Waals surface area (Å²) >= 11 is 0. The van der Waals surface area contributed by atoms with Gasteiger partial charge in [0.25, 0.3) is 0 Å². The summed E-state index contributed by atoms with van der Waals surface area (Å²) in [6.07, 6.45) is 0.809. The lowest BCUT2D eigenvalue weighted by Gasteiger charge is -2.43. The van der Waals surface area contributed by atoms with Crippen molar-refractivity contribution < 1.29 is 4.42 Å². The second-order valence-corrected chi connectivity index (χ2v) is 7.52. The lowest BCUT2D eigenvalue weighted by molar-refractivity contribution is 0.498. The largest absolute Gasteiger partial charge is 0.423 e. The molecule has 0 saturated carbocycles. The lowest BCUT2D eigenvalue weighted by atomic mass is 9.84. The molecule has 3 aromatic rings. The van der Waals surface area contributed by atoms with Crippen LogP contribution in [-0.2, 0) is 0 Å². The number of rotatable bonds is 1. The average molecular weight is 346 g/mol. The van der Waals surface area contributed by atoms with Gasteiger partial charge >= 0.3 is 5.63 Å². The van der Waals surface area contributed by atoms with Crippen molar-refractivity contribution in [2.45, 2.75) is 32.7 Å². The Bertz CT molecular complexity index is 1090. The highest BCUT2D eigenvalue weighted by Gasteiger charge is 2.35. The molecule has 0 fully saturated rings. The maximum absolute atomic E-state index is 11.6. The van der Waals surface area contributed by atoms with Crippen LogP contribution in [0.2, 0.25) is 0 Å². The summed E-state index contributed by atoms with van der Waals surface area (Å²) in [6, 6.07) is 15.4. The molecule has 0 radical (unpaired) electrons. The van der Waals surface area contributed by atoms with Crippen LogP contribution < -0.4 is 10.5 Å². The second kappa shape index (κ2) is 5.84. The van der Waals surface area contributed by atoms with E-state index in [0.717, 1.165) is 40.0 Å². The Morgan fingerprint density at radius 2 is 1.85 bits per heavy atom. The topological polar surface area (TPSA) is 45.8 Å². The van der Waals surface area contributed by atoms with E-state index < -0.39 is 0 Å². The molecule has 0 N–H and O–H groups in total. The van der Waals surface area contributed by atoms with E-state index in [1.54, 1.807) is 0 Å². The third-order valence-electron chi connectivity index (χ3n) is 5.31. The summed E-state index contributed by atoms with van der Waals surface area (Å²) in [4.78, 5) is 18.9. The quantitative estimate of drug-likeness (QED) is 0.592. The van der Waals surface area contributed by atoms with Crippen LogP contribution in [0, 0.1) is 6.92 Å². The number of hydrogen-bond acceptors (Lipinski definition) is 4. The zero-order valence-electron chi connectivity index (χ0n) is 15.5. The second-order valence-electron chi connectivity index (χ2n) is 7.52. The Balaban J connectivity index is 2.04. The third kappa shape index (κ3) is 2.62. The maximum atomic E-state index is 11.6. The first-order valence-corrected chi connectivity index (χ1v) is 8.81. The fourth-order valence-electron chi connectivity index (χ4n) is 3.59. The number of para-hydroxylation sites is 1. The van der Waals surface area contributed by atoms with Crippen LogP contribution in [0.15, 0.2) is 62.7 Å². The Labute approximate surface area is 152 Å². The zero-order chi connectivity index (χ0) is 18.5. The molecule has 0 saturated heterocycles. The van der Waals surface area contributed by atoms with Gasteiger partial charge in [0.15, 0.2) is 0 Å². The van der Waals surface area contributed by atoms with Crippen molar-refractivity contribution in [1.82, 2.24) is 0 Å². The molecule has 1 aliphatic rings. The molecular formula is C22H22N2O2. The van der Waals surface area contributed by atoms with Crippen molar-refractivity contribution in [1.29, 1.82) is 0 Å². The van der Waals surface area contributed by atoms with E-state index >= 15 is 0 Å². The highest BCUT2D eigenvalue weighted by atomic mass is 16.4. The molecular weight excluding hydrogens is 324 g/mol. The van der Waals surface area contributed by atoms with Gasteiger partial charge in [-0.3, -0.25) is 4.99 Å². The number of nitrogens with zero attached hydrogens (tertiary/aromatic N) is 2. The molecule has 132 valence electrons. The molecule has 1 aliphatic heterocycles. The summed E-state index contributed by atoms with van der Waals surface area (Å²) in [7, 11) is 2.11. The van der Waals surface area contributed by atoms with E-state index in [4.69, 9.17) is 9.41 Å². The first-order valence-electron chi connectivity index (χ1n) is 8.81. The summed E-state index contributed by atoms with van der Waals surface area (Å²) in [5.74, 6) is 0. The minimum atomic E-state index is -0.334. The molecule has 0 bridgehead atoms. The van der Waals surface area contributed by atoms with Crippen molar-refractivity contribution in [3.63, 3.8) is 0 Å². The van der Waals surface area contributed by atoms with Crippen LogP contribution in [0.5, 0.6) is 0 Å². The summed E-state index contributed by atoms with van der Waals surface area (Å²) < 4.78 is 5.41. The van der Waals surface area contributed by atoms with E-state index in [2.05, 4.69) is 38.8 Å². The Morgan fingerprint density at radius 1 is 1.08 bits per heavy atom. The molecule has 0 atom stereocenters. The van der Waals surface area contributed by atoms with E-state index in [1.165, 1.54) is 6.07 Å². The minimum Gasteiger partial charge on any atom is -0.423 e. The van der Waals surface area contributed by atoms with E-state index in [-0.39, 0.29) is 11.2 Å². The Kier molecular flexibility index (Phi) is 3.72. The van der Waals surface area contributed by atoms with Gasteiger partial charge in [-0.1, -0.05) is 18.2 Å². The normalized spacial score (nSPS) is 17.5. The first-order chi connectivity index (χ1) is 12.4. The monoisotopic (exact) mass is 346 g/mol. The summed E-state index contributed by atoms with van der Waals surface area (Å²) in [5, 5.41) is 0.928. The van der Waals surface area contributed by atoms with Gasteiger partial charge in [-0.25, -0.2) is 4.79 Å². The molecule has 1 aromatic heterocycles. The van der Waals surface area contributed by atoms with Crippen LogP contribution in [0.25, 0.3) is 11.0 Å². The number of aryl methyl sites for hydroxylation is 1. The standard InChI is InChI=1S/C22H22N2O2/c1-14-7-5-6-8-16(14)23-17-13-22(2,3)24(4)18-10-11-19-15(21(17)18)9-12-20(25)26-19/h5-12H,13H2,1-4H3. The third-order valence-corrected chi connectivity index (χ3v) is 5.31. The van der Waals surface area contributed by atoms with E-state index in [1.807, 2.05) is 36.4 Å². The number of benzene rings is 2. The van der Waals surface area contributed by atoms with Gasteiger partial charge < -0.3 is 9.32 Å². The van der Waals surface area contributed by atoms with Crippen LogP contribution in [-0.4, -0.2) is 18.3 Å². The van der Waals surface area contributed by atoms with Crippen molar-refractivity contribution >= 4 is 28.1 Å². The van der Waals surface area contributed by atoms with Crippen molar-refractivity contribution in [3.8, 4) is 0 Å². The van der Waals surface area contributed by atoms with Gasteiger partial charge in [0.1, 0.15) is 5.58 Å². The molecule has 0 amide bonds. The van der Waals surface area contributed by atoms with Gasteiger partial charge in [0.2, 0.25) is 0 Å². The fraction of sp³-hybridized carbons (Fsp3) is 0.273. The molecule has 4 heteroatoms. The Morgan fingerprint density at radius 3 is 2.62 bits per heavy atom. The molecule has 0 unspecified atom stereocenters. The highest BCUT2D eigenvalue weighted by molar-refractivity contribution is 6.17. The minimum absolute atomic E-state index is 0.0577. The van der Waals surface area contributed by atoms with Crippen molar-refractivity contribution in [2.75, 3.05) is 11.9 Å². The number of aliphatic imine (C=N–C) groups is 1. The number of hydrogen-bond donors (Lipinski definition) is 0. The number of fused-ring (bicyclic) bond motifs is 3. The average Bonchev–Trinajstić information content (AvgIpc) is 2.60. The van der Waals surface area contributed by atoms with Crippen LogP contribution >= 0.6 is 0 Å². The molecule has 0 aliphatic carbocycles. The SMILES string of the molecule is Cc1ccccc1N=C1CC(C)(C)N(C)c2ccc3oc(=O)ccc3c21. The van der Waals surface area contributed by atoms with Crippen LogP contribution in [0.3, 0.4) is 0 Å². The van der Waals surface area contributed by atoms with Crippen molar-refractivity contribution in [3.05, 3.63) is 70.1 Å². The fourth-order valence-corrected chi connectivity index (χ4v) is 3.59.